The van der Waals surface area contributed by atoms with Crippen molar-refractivity contribution in [1.82, 2.24) is 0 Å². The Hall–Kier alpha value is -2.68. The second-order valence-corrected chi connectivity index (χ2v) is 11.2. The van der Waals surface area contributed by atoms with Crippen molar-refractivity contribution in [1.29, 1.82) is 0 Å². The maximum Gasteiger partial charge on any atom is 0.362 e. The first-order chi connectivity index (χ1) is 14.9. The number of furan rings is 1. The molecule has 0 radical (unpaired) electrons. The van der Waals surface area contributed by atoms with E-state index in [9.17, 15) is 13.0 Å². The zero-order valence-electron chi connectivity index (χ0n) is 16.7. The molecule has 5 rings (SSSR count). The van der Waals surface area contributed by atoms with Crippen LogP contribution in [0, 0.1) is 14.1 Å². The molecule has 0 aliphatic carbocycles. The van der Waals surface area contributed by atoms with E-state index in [4.69, 9.17) is 4.42 Å². The van der Waals surface area contributed by atoms with E-state index in [0.717, 1.165) is 16.7 Å². The molecule has 0 saturated carbocycles. The highest BCUT2D eigenvalue weighted by atomic mass is 127. The highest BCUT2D eigenvalue weighted by molar-refractivity contribution is 7.85. The van der Waals surface area contributed by atoms with E-state index < -0.39 is 10.1 Å². The third-order valence-corrected chi connectivity index (χ3v) is 8.23. The van der Waals surface area contributed by atoms with Gasteiger partial charge >= 0.3 is 21.2 Å². The Morgan fingerprint density at radius 3 is 2.10 bits per heavy atom. The summed E-state index contributed by atoms with van der Waals surface area (Å²) in [5.74, 6) is 0. The molecule has 0 N–H and O–H groups in total. The summed E-state index contributed by atoms with van der Waals surface area (Å²) in [4.78, 5) is -0.178. The second kappa shape index (κ2) is 9.21. The minimum atomic E-state index is -4.27. The second-order valence-electron chi connectivity index (χ2n) is 6.87. The molecule has 0 aliphatic heterocycles. The van der Waals surface area contributed by atoms with Crippen LogP contribution < -0.4 is 21.2 Å². The lowest BCUT2D eigenvalue weighted by molar-refractivity contribution is -0.595. The van der Waals surface area contributed by atoms with Gasteiger partial charge in [0.15, 0.2) is 9.15 Å². The first kappa shape index (κ1) is 21.5. The highest BCUT2D eigenvalue weighted by Gasteiger charge is 2.22. The van der Waals surface area contributed by atoms with Crippen molar-refractivity contribution in [3.05, 3.63) is 110 Å². The summed E-state index contributed by atoms with van der Waals surface area (Å²) < 4.78 is 40.0. The highest BCUT2D eigenvalue weighted by Crippen LogP contribution is 2.27. The average Bonchev–Trinajstić information content (AvgIpc) is 3.15. The molecule has 1 heterocycles. The number of aryl methyl sites for hydroxylation is 1. The maximum atomic E-state index is 10.4. The molecule has 0 amide bonds. The molecule has 31 heavy (non-hydrogen) atoms. The van der Waals surface area contributed by atoms with Crippen molar-refractivity contribution in [2.45, 2.75) is 11.8 Å². The number of hydrogen-bond acceptors (Lipinski definition) is 4. The minimum absolute atomic E-state index is 0.178. The predicted molar refractivity (Wildman–Crippen MR) is 117 cm³/mol. The molecular weight excluding hydrogens is 523 g/mol. The van der Waals surface area contributed by atoms with Gasteiger partial charge < -0.3 is 8.97 Å². The van der Waals surface area contributed by atoms with Crippen LogP contribution in [-0.2, 0) is 10.1 Å². The Morgan fingerprint density at radius 1 is 0.742 bits per heavy atom. The molecular formula is C25H19IO4S. The van der Waals surface area contributed by atoms with Gasteiger partial charge in [-0.1, -0.05) is 66.2 Å². The zero-order chi connectivity index (χ0) is 21.8. The first-order valence-electron chi connectivity index (χ1n) is 9.54. The molecule has 0 atom stereocenters. The lowest BCUT2D eigenvalue weighted by atomic mass is 10.2. The number of para-hydroxylation sites is 2. The molecule has 0 bridgehead atoms. The lowest BCUT2D eigenvalue weighted by Gasteiger charge is -2.05. The quantitative estimate of drug-likeness (QED) is 0.260. The van der Waals surface area contributed by atoms with Gasteiger partial charge in [0.2, 0.25) is 3.57 Å². The fraction of sp³-hybridized carbons (Fsp3) is 0.0400. The molecule has 156 valence electrons. The van der Waals surface area contributed by atoms with E-state index in [1.54, 1.807) is 12.1 Å². The van der Waals surface area contributed by atoms with Gasteiger partial charge in [0, 0.05) is 10.8 Å². The number of benzene rings is 4. The van der Waals surface area contributed by atoms with Crippen LogP contribution in [0.1, 0.15) is 5.56 Å². The van der Waals surface area contributed by atoms with Crippen molar-refractivity contribution in [2.75, 3.05) is 0 Å². The van der Waals surface area contributed by atoms with Crippen LogP contribution in [-0.4, -0.2) is 13.0 Å². The fourth-order valence-corrected chi connectivity index (χ4v) is 6.04. The van der Waals surface area contributed by atoms with Crippen molar-refractivity contribution in [2.24, 2.45) is 0 Å². The summed E-state index contributed by atoms with van der Waals surface area (Å²) in [6.07, 6.45) is 0. The van der Waals surface area contributed by atoms with E-state index >= 15 is 0 Å². The van der Waals surface area contributed by atoms with Gasteiger partial charge in [-0.15, -0.1) is 0 Å². The Labute approximate surface area is 191 Å². The number of fused-ring (bicyclic) bond motifs is 3. The van der Waals surface area contributed by atoms with Crippen molar-refractivity contribution < 1.29 is 38.6 Å². The lowest BCUT2D eigenvalue weighted by Crippen LogP contribution is -3.61. The smallest absolute Gasteiger partial charge is 0.362 e. The van der Waals surface area contributed by atoms with Crippen molar-refractivity contribution >= 4 is 32.1 Å². The molecule has 0 unspecified atom stereocenters. The zero-order valence-corrected chi connectivity index (χ0v) is 19.6. The molecule has 6 heteroatoms. The van der Waals surface area contributed by atoms with E-state index in [0.29, 0.717) is 0 Å². The normalized spacial score (nSPS) is 11.3. The predicted octanol–water partition coefficient (Wildman–Crippen LogP) is 2.61. The summed E-state index contributed by atoms with van der Waals surface area (Å²) in [7, 11) is -4.27. The van der Waals surface area contributed by atoms with Gasteiger partial charge in [-0.05, 0) is 43.3 Å². The van der Waals surface area contributed by atoms with Gasteiger partial charge in [0.25, 0.3) is 0 Å². The number of rotatable bonds is 3. The van der Waals surface area contributed by atoms with Gasteiger partial charge in [-0.3, -0.25) is 0 Å². The summed E-state index contributed by atoms with van der Waals surface area (Å²) in [6.45, 7) is 1.82. The standard InChI is InChI=1S/C18H12IO.C7H8O3S/c1-2-7-13(8-3-1)19-16-11-6-10-15-14-9-4-5-12-17(14)20-18(15)16;1-6-2-4-7(5-3-6)11(8,9)10/h1-12H;2-5H,1H3,(H,8,9,10)/q+1;/p-1. The van der Waals surface area contributed by atoms with Crippen LogP contribution in [0.15, 0.2) is 106 Å². The maximum absolute atomic E-state index is 10.4. The molecule has 0 fully saturated rings. The Balaban J connectivity index is 0.000000180. The van der Waals surface area contributed by atoms with Crippen molar-refractivity contribution in [3.8, 4) is 0 Å². The molecule has 0 aliphatic rings. The van der Waals surface area contributed by atoms with E-state index in [2.05, 4.69) is 60.7 Å². The van der Waals surface area contributed by atoms with Crippen LogP contribution in [0.5, 0.6) is 0 Å². The van der Waals surface area contributed by atoms with Gasteiger partial charge in [-0.25, -0.2) is 8.42 Å². The summed E-state index contributed by atoms with van der Waals surface area (Å²) in [5, 5.41) is 2.44. The Morgan fingerprint density at radius 2 is 1.39 bits per heavy atom. The SMILES string of the molecule is Cc1ccc(S(=O)(=O)[O-])cc1.c1ccc([I+]c2cccc3c2oc2ccccc23)cc1. The minimum Gasteiger partial charge on any atom is -0.744 e. The van der Waals surface area contributed by atoms with Crippen molar-refractivity contribution in [3.63, 3.8) is 0 Å². The summed E-state index contributed by atoms with van der Waals surface area (Å²) >= 11 is -0.205. The molecule has 5 aromatic rings. The molecule has 4 nitrogen and oxygen atoms in total. The third-order valence-electron chi connectivity index (χ3n) is 4.61. The third kappa shape index (κ3) is 5.15. The topological polar surface area (TPSA) is 70.3 Å². The van der Waals surface area contributed by atoms with Gasteiger partial charge in [0.05, 0.1) is 4.90 Å². The van der Waals surface area contributed by atoms with E-state index in [-0.39, 0.29) is 26.1 Å². The first-order valence-corrected chi connectivity index (χ1v) is 13.1. The summed E-state index contributed by atoms with van der Waals surface area (Å²) in [5.41, 5.74) is 2.97. The Kier molecular flexibility index (Phi) is 6.41. The van der Waals surface area contributed by atoms with Crippen LogP contribution in [0.25, 0.3) is 21.9 Å². The number of halogens is 1. The molecule has 1 aromatic heterocycles. The van der Waals surface area contributed by atoms with Gasteiger partial charge in [-0.2, -0.15) is 0 Å². The van der Waals surface area contributed by atoms with Crippen LogP contribution >= 0.6 is 0 Å². The molecule has 0 saturated heterocycles. The van der Waals surface area contributed by atoms with Crippen LogP contribution in [0.4, 0.5) is 0 Å². The Bertz CT molecular complexity index is 1420. The molecule has 0 spiro atoms. The average molecular weight is 542 g/mol. The monoisotopic (exact) mass is 542 g/mol. The number of hydrogen-bond donors (Lipinski definition) is 0. The van der Waals surface area contributed by atoms with E-state index in [1.807, 2.05) is 19.1 Å². The van der Waals surface area contributed by atoms with Gasteiger partial charge in [0.1, 0.15) is 15.7 Å². The van der Waals surface area contributed by atoms with Crippen LogP contribution in [0.3, 0.4) is 0 Å². The summed E-state index contributed by atoms with van der Waals surface area (Å²) in [6, 6.07) is 31.2. The van der Waals surface area contributed by atoms with E-state index in [1.165, 1.54) is 30.0 Å². The van der Waals surface area contributed by atoms with Crippen LogP contribution in [0.2, 0.25) is 0 Å². The largest absolute Gasteiger partial charge is 0.744 e. The fourth-order valence-electron chi connectivity index (χ4n) is 3.09. The molecule has 4 aromatic carbocycles.